The molecule has 1 heterocycles. The van der Waals surface area contributed by atoms with Gasteiger partial charge >= 0.3 is 0 Å². The summed E-state index contributed by atoms with van der Waals surface area (Å²) in [7, 11) is 1.59. The molecule has 0 aliphatic heterocycles. The van der Waals surface area contributed by atoms with Crippen molar-refractivity contribution in [3.8, 4) is 0 Å². The number of anilines is 3. The van der Waals surface area contributed by atoms with Crippen LogP contribution in [0.4, 0.5) is 17.6 Å². The number of hydrogen-bond donors (Lipinski definition) is 4. The number of carbonyl (C=O) groups is 1. The normalized spacial score (nSPS) is 11.7. The largest absolute Gasteiger partial charge is 0.370 e. The molecule has 0 spiro atoms. The molecule has 1 aromatic heterocycles. The van der Waals surface area contributed by atoms with Crippen molar-refractivity contribution in [2.75, 3.05) is 30.0 Å². The SMILES string of the molecule is CCCNc1cc(NC(C)C(=O)NC)nc(N)n1. The van der Waals surface area contributed by atoms with Gasteiger partial charge < -0.3 is 21.7 Å². The zero-order chi connectivity index (χ0) is 13.5. The van der Waals surface area contributed by atoms with Gasteiger partial charge in [-0.05, 0) is 13.3 Å². The molecule has 0 aliphatic rings. The number of likely N-dealkylation sites (N-methyl/N-ethyl adjacent to an activating group) is 1. The standard InChI is InChI=1S/C11H20N6O/c1-4-5-14-8-6-9(17-11(12)16-8)15-7(2)10(18)13-3/h6-7H,4-5H2,1-3H3,(H,13,18)(H4,12,14,15,16,17). The van der Waals surface area contributed by atoms with Crippen molar-refractivity contribution in [2.24, 2.45) is 0 Å². The van der Waals surface area contributed by atoms with Crippen molar-refractivity contribution in [3.05, 3.63) is 6.07 Å². The van der Waals surface area contributed by atoms with Crippen molar-refractivity contribution in [2.45, 2.75) is 26.3 Å². The first-order valence-corrected chi connectivity index (χ1v) is 5.93. The van der Waals surface area contributed by atoms with E-state index >= 15 is 0 Å². The lowest BCUT2D eigenvalue weighted by molar-refractivity contribution is -0.121. The van der Waals surface area contributed by atoms with Crippen LogP contribution in [0.25, 0.3) is 0 Å². The number of nitrogens with zero attached hydrogens (tertiary/aromatic N) is 2. The summed E-state index contributed by atoms with van der Waals surface area (Å²) in [5.74, 6) is 1.23. The Bertz CT molecular complexity index is 409. The molecule has 100 valence electrons. The number of nitrogens with one attached hydrogen (secondary N) is 3. The first-order valence-electron chi connectivity index (χ1n) is 5.93. The minimum Gasteiger partial charge on any atom is -0.370 e. The van der Waals surface area contributed by atoms with Crippen molar-refractivity contribution in [3.63, 3.8) is 0 Å². The van der Waals surface area contributed by atoms with E-state index < -0.39 is 0 Å². The smallest absolute Gasteiger partial charge is 0.241 e. The van der Waals surface area contributed by atoms with E-state index in [2.05, 4.69) is 32.8 Å². The summed E-state index contributed by atoms with van der Waals surface area (Å²) >= 11 is 0. The molecule has 0 saturated heterocycles. The van der Waals surface area contributed by atoms with Crippen LogP contribution in [-0.2, 0) is 4.79 Å². The summed E-state index contributed by atoms with van der Waals surface area (Å²) < 4.78 is 0. The molecule has 0 bridgehead atoms. The van der Waals surface area contributed by atoms with E-state index in [1.165, 1.54) is 0 Å². The topological polar surface area (TPSA) is 105 Å². The van der Waals surface area contributed by atoms with Crippen LogP contribution in [0.5, 0.6) is 0 Å². The van der Waals surface area contributed by atoms with Crippen LogP contribution in [0.3, 0.4) is 0 Å². The Kier molecular flexibility index (Phi) is 5.16. The second-order valence-corrected chi connectivity index (χ2v) is 3.90. The second-order valence-electron chi connectivity index (χ2n) is 3.90. The van der Waals surface area contributed by atoms with Crippen LogP contribution in [0.2, 0.25) is 0 Å². The predicted octanol–water partition coefficient (Wildman–Crippen LogP) is 0.427. The van der Waals surface area contributed by atoms with Crippen molar-refractivity contribution < 1.29 is 4.79 Å². The van der Waals surface area contributed by atoms with Crippen LogP contribution in [0.1, 0.15) is 20.3 Å². The quantitative estimate of drug-likeness (QED) is 0.585. The fourth-order valence-electron chi connectivity index (χ4n) is 1.39. The van der Waals surface area contributed by atoms with E-state index in [9.17, 15) is 4.79 Å². The zero-order valence-corrected chi connectivity index (χ0v) is 10.9. The maximum absolute atomic E-state index is 11.4. The van der Waals surface area contributed by atoms with Crippen LogP contribution < -0.4 is 21.7 Å². The Balaban J connectivity index is 2.76. The Morgan fingerprint density at radius 2 is 2.11 bits per heavy atom. The van der Waals surface area contributed by atoms with Gasteiger partial charge in [0.2, 0.25) is 11.9 Å². The molecular weight excluding hydrogens is 232 g/mol. The fraction of sp³-hybridized carbons (Fsp3) is 0.545. The average Bonchev–Trinajstić information content (AvgIpc) is 2.34. The molecule has 0 radical (unpaired) electrons. The van der Waals surface area contributed by atoms with Gasteiger partial charge in [-0.15, -0.1) is 0 Å². The minimum absolute atomic E-state index is 0.116. The molecule has 7 nitrogen and oxygen atoms in total. The number of nitrogen functional groups attached to an aromatic ring is 1. The first kappa shape index (κ1) is 14.0. The minimum atomic E-state index is -0.386. The van der Waals surface area contributed by atoms with Gasteiger partial charge in [-0.25, -0.2) is 0 Å². The Morgan fingerprint density at radius 3 is 2.72 bits per heavy atom. The van der Waals surface area contributed by atoms with E-state index in [1.54, 1.807) is 20.0 Å². The molecule has 0 saturated carbocycles. The highest BCUT2D eigenvalue weighted by Gasteiger charge is 2.12. The molecule has 18 heavy (non-hydrogen) atoms. The van der Waals surface area contributed by atoms with Crippen LogP contribution in [0, 0.1) is 0 Å². The lowest BCUT2D eigenvalue weighted by atomic mass is 10.3. The molecule has 0 aromatic carbocycles. The van der Waals surface area contributed by atoms with E-state index in [-0.39, 0.29) is 17.9 Å². The van der Waals surface area contributed by atoms with E-state index in [1.807, 2.05) is 0 Å². The van der Waals surface area contributed by atoms with Crippen molar-refractivity contribution >= 4 is 23.5 Å². The van der Waals surface area contributed by atoms with Gasteiger partial charge in [0, 0.05) is 19.7 Å². The maximum atomic E-state index is 11.4. The zero-order valence-electron chi connectivity index (χ0n) is 10.9. The summed E-state index contributed by atoms with van der Waals surface area (Å²) in [6, 6.07) is 1.34. The van der Waals surface area contributed by atoms with E-state index in [4.69, 9.17) is 5.73 Å². The number of nitrogens with two attached hydrogens (primary N) is 1. The van der Waals surface area contributed by atoms with E-state index in [0.717, 1.165) is 13.0 Å². The summed E-state index contributed by atoms with van der Waals surface area (Å²) in [6.45, 7) is 4.61. The number of rotatable bonds is 6. The molecular formula is C11H20N6O. The van der Waals surface area contributed by atoms with Gasteiger partial charge in [0.1, 0.15) is 17.7 Å². The third kappa shape index (κ3) is 4.08. The predicted molar refractivity (Wildman–Crippen MR) is 72.4 cm³/mol. The van der Waals surface area contributed by atoms with Gasteiger partial charge in [-0.3, -0.25) is 4.79 Å². The average molecular weight is 252 g/mol. The van der Waals surface area contributed by atoms with Gasteiger partial charge in [-0.2, -0.15) is 9.97 Å². The van der Waals surface area contributed by atoms with Gasteiger partial charge in [0.15, 0.2) is 0 Å². The molecule has 5 N–H and O–H groups in total. The third-order valence-corrected chi connectivity index (χ3v) is 2.30. The Hall–Kier alpha value is -2.05. The van der Waals surface area contributed by atoms with Crippen molar-refractivity contribution in [1.82, 2.24) is 15.3 Å². The van der Waals surface area contributed by atoms with Crippen LogP contribution in [0.15, 0.2) is 6.07 Å². The number of aromatic nitrogens is 2. The third-order valence-electron chi connectivity index (χ3n) is 2.30. The maximum Gasteiger partial charge on any atom is 0.241 e. The highest BCUT2D eigenvalue weighted by atomic mass is 16.2. The molecule has 1 rings (SSSR count). The van der Waals surface area contributed by atoms with Crippen LogP contribution in [-0.4, -0.2) is 35.5 Å². The fourth-order valence-corrected chi connectivity index (χ4v) is 1.39. The van der Waals surface area contributed by atoms with Crippen molar-refractivity contribution in [1.29, 1.82) is 0 Å². The summed E-state index contributed by atoms with van der Waals surface area (Å²) in [4.78, 5) is 19.5. The highest BCUT2D eigenvalue weighted by molar-refractivity contribution is 5.83. The number of carbonyl (C=O) groups excluding carboxylic acids is 1. The van der Waals surface area contributed by atoms with Gasteiger partial charge in [0.05, 0.1) is 0 Å². The van der Waals surface area contributed by atoms with Gasteiger partial charge in [0.25, 0.3) is 0 Å². The molecule has 1 unspecified atom stereocenters. The van der Waals surface area contributed by atoms with E-state index in [0.29, 0.717) is 11.6 Å². The summed E-state index contributed by atoms with van der Waals surface area (Å²) in [5.41, 5.74) is 5.61. The molecule has 0 aliphatic carbocycles. The summed E-state index contributed by atoms with van der Waals surface area (Å²) in [5, 5.41) is 8.64. The number of hydrogen-bond acceptors (Lipinski definition) is 6. The first-order chi connectivity index (χ1) is 8.56. The Morgan fingerprint density at radius 1 is 1.44 bits per heavy atom. The highest BCUT2D eigenvalue weighted by Crippen LogP contribution is 2.13. The van der Waals surface area contributed by atoms with Crippen LogP contribution >= 0.6 is 0 Å². The summed E-state index contributed by atoms with van der Waals surface area (Å²) in [6.07, 6.45) is 0.987. The number of amides is 1. The molecule has 1 atom stereocenters. The monoisotopic (exact) mass is 252 g/mol. The lowest BCUT2D eigenvalue weighted by Gasteiger charge is -2.14. The molecule has 1 amide bonds. The second kappa shape index (κ2) is 6.63. The molecule has 1 aromatic rings. The molecule has 7 heteroatoms. The Labute approximate surface area is 107 Å². The van der Waals surface area contributed by atoms with Gasteiger partial charge in [-0.1, -0.05) is 6.92 Å². The lowest BCUT2D eigenvalue weighted by Crippen LogP contribution is -2.35. The molecule has 0 fully saturated rings.